The Bertz CT molecular complexity index is 3240. The monoisotopic (exact) mass is 1400 g/mol. The Balaban J connectivity index is 0.000000157. The second-order valence-electron chi connectivity index (χ2n) is 30.7. The Morgan fingerprint density at radius 3 is 0.890 bits per heavy atom. The normalized spacial score (nSPS) is 35.7. The number of fused-ring (bicyclic) bond motifs is 4. The average Bonchev–Trinajstić information content (AvgIpc) is 0.787. The highest BCUT2D eigenvalue weighted by atomic mass is 16.8. The molecule has 0 saturated carbocycles. The third-order valence-electron chi connectivity index (χ3n) is 18.1. The summed E-state index contributed by atoms with van der Waals surface area (Å²) in [5, 5.41) is 41.2. The van der Waals surface area contributed by atoms with Crippen molar-refractivity contribution < 1.29 is 115 Å². The molecular weight excluding hydrogens is 1300 g/mol. The van der Waals surface area contributed by atoms with E-state index in [-0.39, 0.29) is 24.6 Å². The molecule has 24 nitrogen and oxygen atoms in total. The van der Waals surface area contributed by atoms with Crippen molar-refractivity contribution in [2.75, 3.05) is 26.4 Å². The molecule has 552 valence electrons. The number of carbonyl (C=O) groups is 4. The standard InChI is InChI=1S/C24H34O7.2C19H26O6.C14H18O5/c1-14-17(30-21(25)23(2,3)4)19(31-22(26)24(5,6)7)18-16(28-14)13-27-20(29-18)15-11-9-8-10-12-15;1-11-15(25-18(21)19(2,3)4)14(20)16-13(23-11)10-22-17(24-16)12-8-6-5-7-9-12;1-11-14(20)16(25-18(21)19(2,3)4)15-13(23-11)10-22-17(24-15)12-8-6-5-7-9-12;1-8-11(15)12(16)13-10(18-8)7-17-14(19-13)9-5-3-2-4-6-9/h8-12,14,16-20H,13H2,1-7H3;2*5-9,11,13-17,20H,10H2,1-4H3;2-6,8,10-16H,7H2,1H3/t14-,16?,17?,18+,19+,20?;11-,13?,14+,15?,16+,17?;11-,13?,14?,15+,16+,17?;8-,10?,11?,12+,13+,14?/m0000/s1. The largest absolute Gasteiger partial charge is 0.456 e. The van der Waals surface area contributed by atoms with Gasteiger partial charge in [0, 0.05) is 22.3 Å². The first-order valence-corrected chi connectivity index (χ1v) is 34.6. The Morgan fingerprint density at radius 1 is 0.300 bits per heavy atom. The third-order valence-corrected chi connectivity index (χ3v) is 18.1. The van der Waals surface area contributed by atoms with E-state index in [0.29, 0.717) is 19.8 Å². The van der Waals surface area contributed by atoms with E-state index in [1.165, 1.54) is 0 Å². The van der Waals surface area contributed by atoms with E-state index < -0.39 is 175 Å². The third kappa shape index (κ3) is 19.5. The van der Waals surface area contributed by atoms with E-state index in [1.54, 1.807) is 111 Å². The molecule has 4 aromatic carbocycles. The minimum atomic E-state index is -0.977. The van der Waals surface area contributed by atoms with Crippen LogP contribution in [0.4, 0.5) is 0 Å². The van der Waals surface area contributed by atoms with Crippen LogP contribution in [0.25, 0.3) is 0 Å². The Hall–Kier alpha value is -5.88. The van der Waals surface area contributed by atoms with Crippen LogP contribution in [0, 0.1) is 21.7 Å². The van der Waals surface area contributed by atoms with Crippen LogP contribution in [0.2, 0.25) is 0 Å². The zero-order valence-corrected chi connectivity index (χ0v) is 60.2. The molecule has 0 aliphatic carbocycles. The van der Waals surface area contributed by atoms with Gasteiger partial charge in [-0.3, -0.25) is 19.2 Å². The predicted molar refractivity (Wildman–Crippen MR) is 359 cm³/mol. The van der Waals surface area contributed by atoms with Gasteiger partial charge in [0.2, 0.25) is 0 Å². The van der Waals surface area contributed by atoms with Crippen LogP contribution in [0.3, 0.4) is 0 Å². The van der Waals surface area contributed by atoms with Crippen molar-refractivity contribution >= 4 is 23.9 Å². The lowest BCUT2D eigenvalue weighted by Crippen LogP contribution is -2.63. The molecule has 12 unspecified atom stereocenters. The molecule has 0 aromatic heterocycles. The van der Waals surface area contributed by atoms with E-state index in [0.717, 1.165) is 22.3 Å². The molecule has 12 rings (SSSR count). The van der Waals surface area contributed by atoms with Gasteiger partial charge >= 0.3 is 23.9 Å². The highest BCUT2D eigenvalue weighted by Crippen LogP contribution is 2.41. The van der Waals surface area contributed by atoms with Gasteiger partial charge < -0.3 is 96.2 Å². The summed E-state index contributed by atoms with van der Waals surface area (Å²) in [5.74, 6) is -1.55. The number of hydrogen-bond donors (Lipinski definition) is 4. The molecule has 8 heterocycles. The molecule has 0 radical (unpaired) electrons. The zero-order valence-electron chi connectivity index (χ0n) is 60.2. The van der Waals surface area contributed by atoms with Crippen LogP contribution in [0.5, 0.6) is 0 Å². The topological polar surface area (TPSA) is 297 Å². The van der Waals surface area contributed by atoms with E-state index in [2.05, 4.69) is 0 Å². The number of carbonyl (C=O) groups excluding carboxylic acids is 4. The molecule has 4 N–H and O–H groups in total. The number of hydrogen-bond acceptors (Lipinski definition) is 24. The lowest BCUT2D eigenvalue weighted by molar-refractivity contribution is -0.330. The fourth-order valence-corrected chi connectivity index (χ4v) is 12.0. The number of rotatable bonds is 8. The summed E-state index contributed by atoms with van der Waals surface area (Å²) >= 11 is 0. The maximum absolute atomic E-state index is 12.8. The van der Waals surface area contributed by atoms with Gasteiger partial charge in [0.1, 0.15) is 73.2 Å². The van der Waals surface area contributed by atoms with Crippen LogP contribution in [-0.4, -0.2) is 193 Å². The maximum atomic E-state index is 12.8. The fourth-order valence-electron chi connectivity index (χ4n) is 12.0. The number of benzene rings is 4. The Labute approximate surface area is 586 Å². The van der Waals surface area contributed by atoms with Gasteiger partial charge in [-0.2, -0.15) is 0 Å². The molecule has 100 heavy (non-hydrogen) atoms. The Kier molecular flexibility index (Phi) is 26.0. The SMILES string of the molecule is C[C@@H]1OC2COC(c3ccccc3)O[C@H]2[C@H](O)C1O.C[C@@H]1OC2COC(c3ccccc3)O[C@H]2[C@H](O)C1OC(=O)C(C)(C)C.C[C@@H]1OC2COC(c3ccccc3)O[C@H]2[C@H](OC(=O)C(C)(C)C)C1O.C[C@@H]1OC2COC(c3ccccc3)O[C@H]2[C@H](OC(=O)C(C)(C)C)C1OC(=O)C(C)(C)C. The maximum Gasteiger partial charge on any atom is 0.311 e. The van der Waals surface area contributed by atoms with E-state index in [1.807, 2.05) is 121 Å². The van der Waals surface area contributed by atoms with Crippen LogP contribution in [0.15, 0.2) is 121 Å². The summed E-state index contributed by atoms with van der Waals surface area (Å²) in [6.45, 7) is 29.6. The van der Waals surface area contributed by atoms with Gasteiger partial charge in [0.15, 0.2) is 49.6 Å². The van der Waals surface area contributed by atoms with Crippen molar-refractivity contribution in [2.45, 2.75) is 258 Å². The number of aliphatic hydroxyl groups excluding tert-OH is 4. The molecule has 24 atom stereocenters. The van der Waals surface area contributed by atoms with Crippen LogP contribution in [0.1, 0.15) is 158 Å². The first-order chi connectivity index (χ1) is 47.1. The second kappa shape index (κ2) is 33.3. The molecule has 0 bridgehead atoms. The summed E-state index contributed by atoms with van der Waals surface area (Å²) < 4.78 is 93.3. The Morgan fingerprint density at radius 2 is 0.550 bits per heavy atom. The van der Waals surface area contributed by atoms with Crippen molar-refractivity contribution in [1.29, 1.82) is 0 Å². The summed E-state index contributed by atoms with van der Waals surface area (Å²) in [6, 6.07) is 38.1. The van der Waals surface area contributed by atoms with Crippen molar-refractivity contribution in [2.24, 2.45) is 21.7 Å². The number of esters is 4. The predicted octanol–water partition coefficient (Wildman–Crippen LogP) is 8.83. The summed E-state index contributed by atoms with van der Waals surface area (Å²) in [4.78, 5) is 50.0. The van der Waals surface area contributed by atoms with Gasteiger partial charge in [-0.15, -0.1) is 0 Å². The van der Waals surface area contributed by atoms with Gasteiger partial charge in [-0.25, -0.2) is 0 Å². The average molecular weight is 1400 g/mol. The first kappa shape index (κ1) is 78.3. The van der Waals surface area contributed by atoms with E-state index in [4.69, 9.17) is 75.8 Å². The van der Waals surface area contributed by atoms with Crippen LogP contribution < -0.4 is 0 Å². The van der Waals surface area contributed by atoms with E-state index in [9.17, 15) is 39.6 Å². The number of aliphatic hydroxyl groups is 4. The molecular formula is C76H104O24. The molecule has 4 aromatic rings. The van der Waals surface area contributed by atoms with Crippen LogP contribution in [-0.2, 0) is 95.0 Å². The number of ether oxygens (including phenoxy) is 16. The highest BCUT2D eigenvalue weighted by Gasteiger charge is 2.56. The fraction of sp³-hybridized carbons (Fsp3) is 0.632. The summed E-state index contributed by atoms with van der Waals surface area (Å²) in [6.07, 6.45) is -15.1. The highest BCUT2D eigenvalue weighted by molar-refractivity contribution is 5.77. The lowest BCUT2D eigenvalue weighted by Gasteiger charge is -2.48. The summed E-state index contributed by atoms with van der Waals surface area (Å²) in [5.41, 5.74) is 0.729. The molecule has 8 fully saturated rings. The lowest BCUT2D eigenvalue weighted by atomic mass is 9.92. The van der Waals surface area contributed by atoms with Crippen molar-refractivity contribution in [3.8, 4) is 0 Å². The molecule has 8 saturated heterocycles. The molecule has 24 heteroatoms. The minimum absolute atomic E-state index is 0.276. The van der Waals surface area contributed by atoms with Gasteiger partial charge in [0.25, 0.3) is 0 Å². The van der Waals surface area contributed by atoms with Gasteiger partial charge in [-0.1, -0.05) is 121 Å². The molecule has 0 spiro atoms. The quantitative estimate of drug-likeness (QED) is 0.0946. The second-order valence-corrected chi connectivity index (χ2v) is 30.7. The minimum Gasteiger partial charge on any atom is -0.456 e. The zero-order chi connectivity index (χ0) is 72.8. The van der Waals surface area contributed by atoms with E-state index >= 15 is 0 Å². The molecule has 8 aliphatic rings. The molecule has 8 aliphatic heterocycles. The van der Waals surface area contributed by atoms with Crippen molar-refractivity contribution in [3.05, 3.63) is 144 Å². The van der Waals surface area contributed by atoms with Crippen LogP contribution >= 0.6 is 0 Å². The van der Waals surface area contributed by atoms with Crippen molar-refractivity contribution in [1.82, 2.24) is 0 Å². The first-order valence-electron chi connectivity index (χ1n) is 34.6. The summed E-state index contributed by atoms with van der Waals surface area (Å²) in [7, 11) is 0. The smallest absolute Gasteiger partial charge is 0.311 e. The van der Waals surface area contributed by atoms with Crippen molar-refractivity contribution in [3.63, 3.8) is 0 Å². The van der Waals surface area contributed by atoms with Gasteiger partial charge in [-0.05, 0) is 111 Å². The molecule has 0 amide bonds. The van der Waals surface area contributed by atoms with Gasteiger partial charge in [0.05, 0.1) is 72.5 Å².